The third-order valence-electron chi connectivity index (χ3n) is 3.80. The van der Waals surface area contributed by atoms with Gasteiger partial charge >= 0.3 is 5.97 Å². The number of hydrogen-bond donors (Lipinski definition) is 1. The van der Waals surface area contributed by atoms with Crippen LogP contribution in [0.5, 0.6) is 5.75 Å². The van der Waals surface area contributed by atoms with E-state index in [4.69, 9.17) is 9.84 Å². The quantitative estimate of drug-likeness (QED) is 0.899. The molecule has 1 aliphatic heterocycles. The normalized spacial score (nSPS) is 20.7. The van der Waals surface area contributed by atoms with Crippen LogP contribution in [-0.2, 0) is 16.0 Å². The molecule has 1 N–H and O–H groups in total. The summed E-state index contributed by atoms with van der Waals surface area (Å²) in [6.45, 7) is 0.125. The molecule has 2 aliphatic rings. The van der Waals surface area contributed by atoms with Crippen molar-refractivity contribution >= 4 is 11.9 Å². The summed E-state index contributed by atoms with van der Waals surface area (Å²) in [5.41, 5.74) is 1.02. The molecule has 1 aromatic carbocycles. The van der Waals surface area contributed by atoms with Gasteiger partial charge in [0.15, 0.2) is 0 Å². The van der Waals surface area contributed by atoms with E-state index in [0.29, 0.717) is 13.0 Å². The average Bonchev–Trinajstić information content (AvgIpc) is 3.28. The lowest BCUT2D eigenvalue weighted by atomic mass is 9.95. The lowest BCUT2D eigenvalue weighted by molar-refractivity contribution is -0.147. The van der Waals surface area contributed by atoms with Crippen molar-refractivity contribution in [2.75, 3.05) is 13.2 Å². The van der Waals surface area contributed by atoms with Crippen molar-refractivity contribution in [2.45, 2.75) is 25.3 Å². The summed E-state index contributed by atoms with van der Waals surface area (Å²) in [6.07, 6.45) is 2.43. The van der Waals surface area contributed by atoms with Crippen molar-refractivity contribution in [3.05, 3.63) is 29.8 Å². The van der Waals surface area contributed by atoms with E-state index in [1.54, 1.807) is 0 Å². The Balaban J connectivity index is 1.72. The topological polar surface area (TPSA) is 66.8 Å². The third-order valence-corrected chi connectivity index (χ3v) is 3.80. The maximum atomic E-state index is 12.5. The fourth-order valence-corrected chi connectivity index (χ4v) is 2.64. The number of para-hydroxylation sites is 1. The number of carbonyl (C=O) groups is 2. The van der Waals surface area contributed by atoms with Crippen LogP contribution in [0.1, 0.15) is 18.4 Å². The summed E-state index contributed by atoms with van der Waals surface area (Å²) in [4.78, 5) is 24.9. The number of amides is 1. The highest BCUT2D eigenvalue weighted by molar-refractivity contribution is 5.84. The molecule has 0 radical (unpaired) electrons. The second-order valence-electron chi connectivity index (χ2n) is 5.41. The highest BCUT2D eigenvalue weighted by Crippen LogP contribution is 2.32. The van der Waals surface area contributed by atoms with Crippen LogP contribution in [0.4, 0.5) is 0 Å². The molecule has 0 aromatic heterocycles. The zero-order chi connectivity index (χ0) is 14.1. The Morgan fingerprint density at radius 3 is 2.75 bits per heavy atom. The Morgan fingerprint density at radius 1 is 1.30 bits per heavy atom. The minimum Gasteiger partial charge on any atom is -0.492 e. The summed E-state index contributed by atoms with van der Waals surface area (Å²) >= 11 is 0. The first kappa shape index (κ1) is 13.0. The Morgan fingerprint density at radius 2 is 2.05 bits per heavy atom. The van der Waals surface area contributed by atoms with Gasteiger partial charge in [-0.3, -0.25) is 9.59 Å². The fraction of sp³-hybridized carbons (Fsp3) is 0.467. The van der Waals surface area contributed by atoms with Gasteiger partial charge in [-0.1, -0.05) is 18.2 Å². The third kappa shape index (κ3) is 2.61. The van der Waals surface area contributed by atoms with E-state index in [1.165, 1.54) is 4.90 Å². The lowest BCUT2D eigenvalue weighted by Crippen LogP contribution is -2.44. The van der Waals surface area contributed by atoms with Gasteiger partial charge in [0.25, 0.3) is 0 Å². The van der Waals surface area contributed by atoms with Crippen LogP contribution in [0.15, 0.2) is 24.3 Å². The predicted octanol–water partition coefficient (Wildman–Crippen LogP) is 1.31. The van der Waals surface area contributed by atoms with E-state index < -0.39 is 5.97 Å². The Labute approximate surface area is 117 Å². The van der Waals surface area contributed by atoms with E-state index >= 15 is 0 Å². The molecule has 1 atom stereocenters. The van der Waals surface area contributed by atoms with Crippen LogP contribution in [-0.4, -0.2) is 41.1 Å². The number of carboxylic acid groups (broad SMARTS) is 1. The van der Waals surface area contributed by atoms with Crippen LogP contribution < -0.4 is 4.74 Å². The first-order valence-corrected chi connectivity index (χ1v) is 6.88. The molecule has 1 saturated carbocycles. The van der Waals surface area contributed by atoms with E-state index in [-0.39, 0.29) is 24.4 Å². The molecule has 3 rings (SSSR count). The highest BCUT2D eigenvalue weighted by Gasteiger charge is 2.38. The molecule has 0 bridgehead atoms. The maximum absolute atomic E-state index is 12.5. The predicted molar refractivity (Wildman–Crippen MR) is 71.5 cm³/mol. The molecule has 1 fully saturated rings. The smallest absolute Gasteiger partial charge is 0.323 e. The first-order chi connectivity index (χ1) is 9.65. The molecule has 5 heteroatoms. The molecule has 0 saturated heterocycles. The van der Waals surface area contributed by atoms with Crippen molar-refractivity contribution in [1.29, 1.82) is 0 Å². The summed E-state index contributed by atoms with van der Waals surface area (Å²) in [7, 11) is 0. The number of fused-ring (bicyclic) bond motifs is 1. The first-order valence-electron chi connectivity index (χ1n) is 6.88. The van der Waals surface area contributed by atoms with Crippen LogP contribution >= 0.6 is 0 Å². The Bertz CT molecular complexity index is 538. The van der Waals surface area contributed by atoms with Crippen molar-refractivity contribution < 1.29 is 19.4 Å². The highest BCUT2D eigenvalue weighted by atomic mass is 16.5. The minimum absolute atomic E-state index is 0.0931. The molecule has 1 heterocycles. The molecule has 5 nitrogen and oxygen atoms in total. The monoisotopic (exact) mass is 275 g/mol. The molecular formula is C15H17NO4. The van der Waals surface area contributed by atoms with Crippen molar-refractivity contribution in [3.8, 4) is 5.75 Å². The number of benzene rings is 1. The molecule has 106 valence electrons. The number of hydrogen-bond acceptors (Lipinski definition) is 3. The van der Waals surface area contributed by atoms with Gasteiger partial charge in [0, 0.05) is 6.04 Å². The molecule has 20 heavy (non-hydrogen) atoms. The second kappa shape index (κ2) is 5.15. The molecule has 1 aliphatic carbocycles. The van der Waals surface area contributed by atoms with Gasteiger partial charge in [-0.25, -0.2) is 0 Å². The maximum Gasteiger partial charge on any atom is 0.323 e. The van der Waals surface area contributed by atoms with Crippen molar-refractivity contribution in [3.63, 3.8) is 0 Å². The van der Waals surface area contributed by atoms with E-state index in [0.717, 1.165) is 24.2 Å². The van der Waals surface area contributed by atoms with Gasteiger partial charge in [-0.2, -0.15) is 0 Å². The van der Waals surface area contributed by atoms with Crippen LogP contribution in [0.25, 0.3) is 0 Å². The van der Waals surface area contributed by atoms with E-state index in [9.17, 15) is 9.59 Å². The largest absolute Gasteiger partial charge is 0.492 e. The summed E-state index contributed by atoms with van der Waals surface area (Å²) < 4.78 is 5.62. The Hall–Kier alpha value is -2.04. The summed E-state index contributed by atoms with van der Waals surface area (Å²) in [6, 6.07) is 7.78. The SMILES string of the molecule is O=C(O)CN(C(=O)C1COc2ccccc2C1)C1CC1. The fourth-order valence-electron chi connectivity index (χ4n) is 2.64. The number of carbonyl (C=O) groups excluding carboxylic acids is 1. The molecule has 0 spiro atoms. The van der Waals surface area contributed by atoms with Gasteiger partial charge < -0.3 is 14.7 Å². The van der Waals surface area contributed by atoms with Gasteiger partial charge in [0.05, 0.1) is 5.92 Å². The van der Waals surface area contributed by atoms with Crippen LogP contribution in [0.3, 0.4) is 0 Å². The van der Waals surface area contributed by atoms with E-state index in [2.05, 4.69) is 0 Å². The number of rotatable bonds is 4. The summed E-state index contributed by atoms with van der Waals surface area (Å²) in [5.74, 6) is -0.496. The summed E-state index contributed by atoms with van der Waals surface area (Å²) in [5, 5.41) is 8.94. The lowest BCUT2D eigenvalue weighted by Gasteiger charge is -2.29. The average molecular weight is 275 g/mol. The van der Waals surface area contributed by atoms with Crippen LogP contribution in [0.2, 0.25) is 0 Å². The van der Waals surface area contributed by atoms with Gasteiger partial charge in [0.2, 0.25) is 5.91 Å². The zero-order valence-corrected chi connectivity index (χ0v) is 11.1. The second-order valence-corrected chi connectivity index (χ2v) is 5.41. The number of ether oxygens (including phenoxy) is 1. The molecule has 1 unspecified atom stereocenters. The number of aliphatic carboxylic acids is 1. The van der Waals surface area contributed by atoms with Crippen molar-refractivity contribution in [1.82, 2.24) is 4.90 Å². The molecule has 1 aromatic rings. The van der Waals surface area contributed by atoms with E-state index in [1.807, 2.05) is 24.3 Å². The number of carboxylic acids is 1. The van der Waals surface area contributed by atoms with Gasteiger partial charge in [-0.05, 0) is 30.9 Å². The molecule has 1 amide bonds. The zero-order valence-electron chi connectivity index (χ0n) is 11.1. The van der Waals surface area contributed by atoms with Crippen LogP contribution in [0, 0.1) is 5.92 Å². The standard InChI is InChI=1S/C15H17NO4/c17-14(18)8-16(12-5-6-12)15(19)11-7-10-3-1-2-4-13(10)20-9-11/h1-4,11-12H,5-9H2,(H,17,18). The minimum atomic E-state index is -0.956. The van der Waals surface area contributed by atoms with Gasteiger partial charge in [-0.15, -0.1) is 0 Å². The van der Waals surface area contributed by atoms with Crippen molar-refractivity contribution in [2.24, 2.45) is 5.92 Å². The molecular weight excluding hydrogens is 258 g/mol. The number of nitrogens with zero attached hydrogens (tertiary/aromatic N) is 1. The van der Waals surface area contributed by atoms with Gasteiger partial charge in [0.1, 0.15) is 18.9 Å². The Kier molecular flexibility index (Phi) is 3.34.